The molecule has 3 heteroatoms. The normalized spacial score (nSPS) is 10.8. The molecule has 0 heterocycles. The van der Waals surface area contributed by atoms with E-state index < -0.39 is 0 Å². The first kappa shape index (κ1) is 13.7. The molecule has 0 aliphatic heterocycles. The third-order valence-corrected chi connectivity index (χ3v) is 2.93. The van der Waals surface area contributed by atoms with E-state index in [4.69, 9.17) is 9.47 Å². The number of ether oxygens (including phenoxy) is 2. The molecule has 0 N–H and O–H groups in total. The number of methoxy groups -OCH3 is 2. The van der Waals surface area contributed by atoms with Gasteiger partial charge in [0.15, 0.2) is 0 Å². The summed E-state index contributed by atoms with van der Waals surface area (Å²) in [6.45, 7) is 0. The summed E-state index contributed by atoms with van der Waals surface area (Å²) >= 11 is 0. The Kier molecular flexibility index (Phi) is 4.41. The fraction of sp³-hybridized carbons (Fsp3) is 0.118. The van der Waals surface area contributed by atoms with E-state index in [9.17, 15) is 5.26 Å². The Balaban J connectivity index is 2.52. The molecule has 0 aliphatic carbocycles. The molecular formula is C17H15NO2. The van der Waals surface area contributed by atoms with Crippen LogP contribution in [-0.4, -0.2) is 14.2 Å². The van der Waals surface area contributed by atoms with Crippen molar-refractivity contribution in [1.82, 2.24) is 0 Å². The van der Waals surface area contributed by atoms with Crippen LogP contribution in [0.3, 0.4) is 0 Å². The van der Waals surface area contributed by atoms with Crippen molar-refractivity contribution in [2.24, 2.45) is 0 Å². The molecule has 0 aliphatic rings. The van der Waals surface area contributed by atoms with Crippen molar-refractivity contribution in [1.29, 1.82) is 5.26 Å². The van der Waals surface area contributed by atoms with Gasteiger partial charge in [0.1, 0.15) is 11.5 Å². The molecule has 3 nitrogen and oxygen atoms in total. The van der Waals surface area contributed by atoms with Gasteiger partial charge in [0.2, 0.25) is 0 Å². The van der Waals surface area contributed by atoms with Crippen LogP contribution in [0.15, 0.2) is 48.5 Å². The lowest BCUT2D eigenvalue weighted by molar-refractivity contribution is 0.402. The van der Waals surface area contributed by atoms with E-state index >= 15 is 0 Å². The van der Waals surface area contributed by atoms with Crippen molar-refractivity contribution in [3.05, 3.63) is 59.7 Å². The highest BCUT2D eigenvalue weighted by molar-refractivity contribution is 5.92. The van der Waals surface area contributed by atoms with Gasteiger partial charge in [-0.25, -0.2) is 0 Å². The number of benzene rings is 2. The minimum atomic E-state index is 0.534. The Morgan fingerprint density at radius 1 is 1.05 bits per heavy atom. The number of allylic oxidation sites excluding steroid dienone is 1. The molecule has 0 aromatic heterocycles. The molecule has 0 atom stereocenters. The lowest BCUT2D eigenvalue weighted by Crippen LogP contribution is -1.92. The topological polar surface area (TPSA) is 42.2 Å². The average Bonchev–Trinajstić information content (AvgIpc) is 2.53. The lowest BCUT2D eigenvalue weighted by Gasteiger charge is -2.09. The molecule has 0 bridgehead atoms. The summed E-state index contributed by atoms with van der Waals surface area (Å²) in [5.74, 6) is 1.34. The van der Waals surface area contributed by atoms with Crippen molar-refractivity contribution in [2.45, 2.75) is 0 Å². The first-order chi connectivity index (χ1) is 9.78. The number of hydrogen-bond acceptors (Lipinski definition) is 3. The summed E-state index contributed by atoms with van der Waals surface area (Å²) < 4.78 is 10.5. The van der Waals surface area contributed by atoms with E-state index in [0.717, 1.165) is 11.1 Å². The van der Waals surface area contributed by atoms with Crippen molar-refractivity contribution in [2.75, 3.05) is 14.2 Å². The van der Waals surface area contributed by atoms with Crippen molar-refractivity contribution >= 4 is 11.6 Å². The highest BCUT2D eigenvalue weighted by Gasteiger charge is 2.10. The van der Waals surface area contributed by atoms with Crippen molar-refractivity contribution < 1.29 is 9.47 Å². The molecule has 0 fully saturated rings. The maximum Gasteiger partial charge on any atom is 0.127 e. The standard InChI is InChI=1S/C17H15NO2/c1-19-15-8-9-17(20-2)16(11-15)14(12-18)10-13-6-4-3-5-7-13/h3-11H,1-2H3/b14-10+. The molecule has 0 unspecified atom stereocenters. The van der Waals surface area contributed by atoms with Crippen LogP contribution in [0.4, 0.5) is 0 Å². The van der Waals surface area contributed by atoms with Crippen LogP contribution in [0, 0.1) is 11.3 Å². The first-order valence-corrected chi connectivity index (χ1v) is 6.17. The Morgan fingerprint density at radius 3 is 2.40 bits per heavy atom. The molecular weight excluding hydrogens is 250 g/mol. The monoisotopic (exact) mass is 265 g/mol. The third-order valence-electron chi connectivity index (χ3n) is 2.93. The number of nitriles is 1. The molecule has 0 saturated carbocycles. The Labute approximate surface area is 118 Å². The summed E-state index contributed by atoms with van der Waals surface area (Å²) in [4.78, 5) is 0. The van der Waals surface area contributed by atoms with Gasteiger partial charge in [0.25, 0.3) is 0 Å². The number of hydrogen-bond donors (Lipinski definition) is 0. The highest BCUT2D eigenvalue weighted by atomic mass is 16.5. The zero-order valence-corrected chi connectivity index (χ0v) is 11.5. The summed E-state index contributed by atoms with van der Waals surface area (Å²) in [5, 5.41) is 9.41. The van der Waals surface area contributed by atoms with Crippen molar-refractivity contribution in [3.63, 3.8) is 0 Å². The van der Waals surface area contributed by atoms with E-state index in [2.05, 4.69) is 6.07 Å². The van der Waals surface area contributed by atoms with Crippen molar-refractivity contribution in [3.8, 4) is 17.6 Å². The van der Waals surface area contributed by atoms with Crippen LogP contribution in [-0.2, 0) is 0 Å². The minimum Gasteiger partial charge on any atom is -0.497 e. The van der Waals surface area contributed by atoms with Gasteiger partial charge in [0, 0.05) is 5.56 Å². The van der Waals surface area contributed by atoms with E-state index in [-0.39, 0.29) is 0 Å². The van der Waals surface area contributed by atoms with Gasteiger partial charge in [-0.2, -0.15) is 5.26 Å². The molecule has 2 rings (SSSR count). The second-order valence-corrected chi connectivity index (χ2v) is 4.15. The van der Waals surface area contributed by atoms with Gasteiger partial charge >= 0.3 is 0 Å². The summed E-state index contributed by atoms with van der Waals surface area (Å²) in [5.41, 5.74) is 2.22. The molecule has 2 aromatic rings. The maximum atomic E-state index is 9.41. The van der Waals surface area contributed by atoms with E-state index in [1.54, 1.807) is 32.4 Å². The largest absolute Gasteiger partial charge is 0.497 e. The van der Waals surface area contributed by atoms with Crippen LogP contribution in [0.2, 0.25) is 0 Å². The summed E-state index contributed by atoms with van der Waals surface area (Å²) in [7, 11) is 3.18. The van der Waals surface area contributed by atoms with Gasteiger partial charge in [-0.3, -0.25) is 0 Å². The fourth-order valence-corrected chi connectivity index (χ4v) is 1.91. The van der Waals surface area contributed by atoms with Crippen LogP contribution >= 0.6 is 0 Å². The number of nitrogens with zero attached hydrogens (tertiary/aromatic N) is 1. The maximum absolute atomic E-state index is 9.41. The first-order valence-electron chi connectivity index (χ1n) is 6.17. The Bertz CT molecular complexity index is 654. The smallest absolute Gasteiger partial charge is 0.127 e. The SMILES string of the molecule is COc1ccc(OC)c(/C(C#N)=C/c2ccccc2)c1. The second-order valence-electron chi connectivity index (χ2n) is 4.15. The molecule has 0 amide bonds. The zero-order chi connectivity index (χ0) is 14.4. The summed E-state index contributed by atoms with van der Waals surface area (Å²) in [6.07, 6.45) is 1.83. The fourth-order valence-electron chi connectivity index (χ4n) is 1.91. The van der Waals surface area contributed by atoms with E-state index in [0.29, 0.717) is 17.1 Å². The highest BCUT2D eigenvalue weighted by Crippen LogP contribution is 2.30. The molecule has 2 aromatic carbocycles. The third kappa shape index (κ3) is 2.99. The van der Waals surface area contributed by atoms with E-state index in [1.807, 2.05) is 36.4 Å². The van der Waals surface area contributed by atoms with Gasteiger partial charge in [-0.1, -0.05) is 30.3 Å². The lowest BCUT2D eigenvalue weighted by atomic mass is 10.0. The van der Waals surface area contributed by atoms with Crippen LogP contribution < -0.4 is 9.47 Å². The molecule has 0 saturated heterocycles. The second kappa shape index (κ2) is 6.44. The zero-order valence-electron chi connectivity index (χ0n) is 11.5. The Hall–Kier alpha value is -2.73. The molecule has 100 valence electrons. The van der Waals surface area contributed by atoms with Crippen LogP contribution in [0.1, 0.15) is 11.1 Å². The van der Waals surface area contributed by atoms with Crippen LogP contribution in [0.25, 0.3) is 11.6 Å². The number of rotatable bonds is 4. The molecule has 0 radical (unpaired) electrons. The van der Waals surface area contributed by atoms with Crippen LogP contribution in [0.5, 0.6) is 11.5 Å². The molecule has 0 spiro atoms. The Morgan fingerprint density at radius 2 is 1.80 bits per heavy atom. The van der Waals surface area contributed by atoms with E-state index in [1.165, 1.54) is 0 Å². The van der Waals surface area contributed by atoms with Gasteiger partial charge in [-0.05, 0) is 29.8 Å². The van der Waals surface area contributed by atoms with Gasteiger partial charge < -0.3 is 9.47 Å². The predicted molar refractivity (Wildman–Crippen MR) is 79.5 cm³/mol. The predicted octanol–water partition coefficient (Wildman–Crippen LogP) is 3.77. The quantitative estimate of drug-likeness (QED) is 0.624. The average molecular weight is 265 g/mol. The van der Waals surface area contributed by atoms with Gasteiger partial charge in [0.05, 0.1) is 25.9 Å². The van der Waals surface area contributed by atoms with Gasteiger partial charge in [-0.15, -0.1) is 0 Å². The molecule has 20 heavy (non-hydrogen) atoms. The summed E-state index contributed by atoms with van der Waals surface area (Å²) in [6, 6.07) is 17.3. The minimum absolute atomic E-state index is 0.534.